The molecule has 1 atom stereocenters. The molecule has 0 fully saturated rings. The third kappa shape index (κ3) is 2.71. The molecule has 112 valence electrons. The van der Waals surface area contributed by atoms with Crippen LogP contribution in [0.5, 0.6) is 0 Å². The van der Waals surface area contributed by atoms with Crippen molar-refractivity contribution in [2.24, 2.45) is 0 Å². The Morgan fingerprint density at radius 3 is 2.86 bits per heavy atom. The van der Waals surface area contributed by atoms with Gasteiger partial charge in [0.1, 0.15) is 17.4 Å². The van der Waals surface area contributed by atoms with Gasteiger partial charge in [0.05, 0.1) is 6.42 Å². The van der Waals surface area contributed by atoms with Crippen molar-refractivity contribution >= 4 is 16.9 Å². The van der Waals surface area contributed by atoms with Crippen LogP contribution in [0.2, 0.25) is 0 Å². The molecule has 3 aromatic rings. The topological polar surface area (TPSA) is 83.6 Å². The number of fused-ring (bicyclic) bond motifs is 1. The number of benzene rings is 1. The number of aliphatic hydroxyl groups is 1. The first-order valence-corrected chi connectivity index (χ1v) is 6.88. The number of hydrogen-bond donors (Lipinski definition) is 2. The van der Waals surface area contributed by atoms with Crippen molar-refractivity contribution in [1.29, 1.82) is 0 Å². The molecule has 0 aliphatic heterocycles. The minimum Gasteiger partial charge on any atom is -0.481 e. The number of furan rings is 1. The fourth-order valence-electron chi connectivity index (χ4n) is 2.47. The summed E-state index contributed by atoms with van der Waals surface area (Å²) in [6.07, 6.45) is 0.729. The van der Waals surface area contributed by atoms with E-state index >= 15 is 0 Å². The Bertz CT molecular complexity index is 838. The molecule has 0 bridgehead atoms. The van der Waals surface area contributed by atoms with Crippen molar-refractivity contribution in [2.45, 2.75) is 19.4 Å². The summed E-state index contributed by atoms with van der Waals surface area (Å²) < 4.78 is 5.67. The van der Waals surface area contributed by atoms with Crippen molar-refractivity contribution in [1.82, 2.24) is 4.98 Å². The Kier molecular flexibility index (Phi) is 3.65. The Labute approximate surface area is 126 Å². The summed E-state index contributed by atoms with van der Waals surface area (Å²) in [5.74, 6) is -0.465. The number of nitrogens with zero attached hydrogens (tertiary/aromatic N) is 1. The van der Waals surface area contributed by atoms with Crippen LogP contribution >= 0.6 is 0 Å². The maximum atomic E-state index is 10.8. The normalized spacial score (nSPS) is 12.5. The Hall–Kier alpha value is -2.66. The zero-order valence-corrected chi connectivity index (χ0v) is 12.0. The Morgan fingerprint density at radius 1 is 1.32 bits per heavy atom. The SMILES string of the molecule is Cc1ncccc1C(O)c1cc2cc(CC(=O)O)ccc2o1. The number of hydrogen-bond acceptors (Lipinski definition) is 4. The molecule has 0 radical (unpaired) electrons. The summed E-state index contributed by atoms with van der Waals surface area (Å²) in [6.45, 7) is 1.83. The maximum Gasteiger partial charge on any atom is 0.307 e. The molecule has 0 aliphatic rings. The Balaban J connectivity index is 1.98. The third-order valence-corrected chi connectivity index (χ3v) is 3.57. The van der Waals surface area contributed by atoms with Gasteiger partial charge in [-0.1, -0.05) is 12.1 Å². The highest BCUT2D eigenvalue weighted by Crippen LogP contribution is 2.29. The van der Waals surface area contributed by atoms with Gasteiger partial charge >= 0.3 is 5.97 Å². The van der Waals surface area contributed by atoms with E-state index in [0.29, 0.717) is 22.5 Å². The van der Waals surface area contributed by atoms with Gasteiger partial charge in [-0.2, -0.15) is 0 Å². The molecule has 3 rings (SSSR count). The zero-order chi connectivity index (χ0) is 15.7. The van der Waals surface area contributed by atoms with E-state index in [0.717, 1.165) is 11.1 Å². The summed E-state index contributed by atoms with van der Waals surface area (Å²) in [5, 5.41) is 20.1. The largest absolute Gasteiger partial charge is 0.481 e. The van der Waals surface area contributed by atoms with Crippen molar-refractivity contribution in [3.8, 4) is 0 Å². The van der Waals surface area contributed by atoms with Crippen LogP contribution in [-0.4, -0.2) is 21.2 Å². The second-order valence-corrected chi connectivity index (χ2v) is 5.17. The molecule has 2 aromatic heterocycles. The first-order chi connectivity index (χ1) is 10.5. The first kappa shape index (κ1) is 14.3. The van der Waals surface area contributed by atoms with Crippen molar-refractivity contribution in [3.05, 3.63) is 65.2 Å². The molecule has 0 amide bonds. The standard InChI is InChI=1S/C17H15NO4/c1-10-13(3-2-6-18-10)17(21)15-9-12-7-11(8-16(19)20)4-5-14(12)22-15/h2-7,9,17,21H,8H2,1H3,(H,19,20). The van der Waals surface area contributed by atoms with Crippen molar-refractivity contribution in [2.75, 3.05) is 0 Å². The minimum atomic E-state index is -0.899. The number of carboxylic acid groups (broad SMARTS) is 1. The third-order valence-electron chi connectivity index (χ3n) is 3.57. The highest BCUT2D eigenvalue weighted by atomic mass is 16.4. The second-order valence-electron chi connectivity index (χ2n) is 5.17. The monoisotopic (exact) mass is 297 g/mol. The molecular formula is C17H15NO4. The highest BCUT2D eigenvalue weighted by Gasteiger charge is 2.18. The van der Waals surface area contributed by atoms with Gasteiger partial charge in [-0.3, -0.25) is 9.78 Å². The smallest absolute Gasteiger partial charge is 0.307 e. The fourth-order valence-corrected chi connectivity index (χ4v) is 2.47. The van der Waals surface area contributed by atoms with Gasteiger partial charge in [-0.25, -0.2) is 0 Å². The lowest BCUT2D eigenvalue weighted by molar-refractivity contribution is -0.136. The lowest BCUT2D eigenvalue weighted by atomic mass is 10.1. The average Bonchev–Trinajstić information content (AvgIpc) is 2.89. The molecule has 2 N–H and O–H groups in total. The van der Waals surface area contributed by atoms with E-state index in [1.165, 1.54) is 0 Å². The molecule has 22 heavy (non-hydrogen) atoms. The molecule has 0 spiro atoms. The minimum absolute atomic E-state index is 0.0410. The lowest BCUT2D eigenvalue weighted by Crippen LogP contribution is -2.01. The summed E-state index contributed by atoms with van der Waals surface area (Å²) >= 11 is 0. The summed E-state index contributed by atoms with van der Waals surface area (Å²) in [4.78, 5) is 14.9. The number of carbonyl (C=O) groups is 1. The summed E-state index contributed by atoms with van der Waals surface area (Å²) in [5.41, 5.74) is 2.73. The van der Waals surface area contributed by atoms with Gasteiger partial charge in [-0.15, -0.1) is 0 Å². The highest BCUT2D eigenvalue weighted by molar-refractivity contribution is 5.80. The molecular weight excluding hydrogens is 282 g/mol. The van der Waals surface area contributed by atoms with Crippen LogP contribution < -0.4 is 0 Å². The molecule has 5 heteroatoms. The number of rotatable bonds is 4. The van der Waals surface area contributed by atoms with Crippen LogP contribution in [0.25, 0.3) is 11.0 Å². The molecule has 5 nitrogen and oxygen atoms in total. The Morgan fingerprint density at radius 2 is 2.14 bits per heavy atom. The molecule has 0 saturated carbocycles. The summed E-state index contributed by atoms with van der Waals surface area (Å²) in [7, 11) is 0. The summed E-state index contributed by atoms with van der Waals surface area (Å²) in [6, 6.07) is 10.5. The number of carboxylic acids is 1. The van der Waals surface area contributed by atoms with Crippen LogP contribution in [0.4, 0.5) is 0 Å². The first-order valence-electron chi connectivity index (χ1n) is 6.88. The molecule has 0 saturated heterocycles. The van der Waals surface area contributed by atoms with E-state index in [4.69, 9.17) is 9.52 Å². The fraction of sp³-hybridized carbons (Fsp3) is 0.176. The molecule has 2 heterocycles. The molecule has 0 aliphatic carbocycles. The van der Waals surface area contributed by atoms with Crippen LogP contribution in [0.3, 0.4) is 0 Å². The van der Waals surface area contributed by atoms with Gasteiger partial charge in [0.15, 0.2) is 0 Å². The van der Waals surface area contributed by atoms with Gasteiger partial charge in [-0.05, 0) is 36.8 Å². The number of pyridine rings is 1. The second kappa shape index (κ2) is 5.61. The predicted octanol–water partition coefficient (Wildman–Crippen LogP) is 2.85. The number of aryl methyl sites for hydroxylation is 1. The predicted molar refractivity (Wildman–Crippen MR) is 80.6 cm³/mol. The van der Waals surface area contributed by atoms with Gasteiger partial charge in [0.2, 0.25) is 0 Å². The number of aromatic nitrogens is 1. The van der Waals surface area contributed by atoms with Crippen molar-refractivity contribution in [3.63, 3.8) is 0 Å². The lowest BCUT2D eigenvalue weighted by Gasteiger charge is -2.09. The van der Waals surface area contributed by atoms with Crippen LogP contribution in [0, 0.1) is 6.92 Å². The van der Waals surface area contributed by atoms with E-state index in [9.17, 15) is 9.90 Å². The van der Waals surface area contributed by atoms with Crippen LogP contribution in [0.1, 0.15) is 28.7 Å². The van der Waals surface area contributed by atoms with E-state index in [-0.39, 0.29) is 6.42 Å². The van der Waals surface area contributed by atoms with Crippen LogP contribution in [-0.2, 0) is 11.2 Å². The number of aliphatic hydroxyl groups excluding tert-OH is 1. The van der Waals surface area contributed by atoms with Crippen molar-refractivity contribution < 1.29 is 19.4 Å². The average molecular weight is 297 g/mol. The number of aliphatic carboxylic acids is 1. The van der Waals surface area contributed by atoms with E-state index in [2.05, 4.69) is 4.98 Å². The maximum absolute atomic E-state index is 10.8. The molecule has 1 unspecified atom stereocenters. The van der Waals surface area contributed by atoms with Crippen LogP contribution in [0.15, 0.2) is 47.0 Å². The van der Waals surface area contributed by atoms with E-state index in [1.807, 2.05) is 6.92 Å². The zero-order valence-electron chi connectivity index (χ0n) is 12.0. The molecule has 1 aromatic carbocycles. The quantitative estimate of drug-likeness (QED) is 0.773. The van der Waals surface area contributed by atoms with Gasteiger partial charge in [0.25, 0.3) is 0 Å². The van der Waals surface area contributed by atoms with E-state index in [1.54, 1.807) is 42.6 Å². The van der Waals surface area contributed by atoms with Gasteiger partial charge in [0, 0.05) is 22.8 Å². The van der Waals surface area contributed by atoms with E-state index < -0.39 is 12.1 Å². The van der Waals surface area contributed by atoms with Gasteiger partial charge < -0.3 is 14.6 Å².